The number of hydrogen-bond acceptors (Lipinski definition) is 6. The fourth-order valence-corrected chi connectivity index (χ4v) is 3.40. The highest BCUT2D eigenvalue weighted by atomic mass is 16.8. The number of unbranched alkanes of at least 4 members (excludes halogenated alkanes) is 5. The van der Waals surface area contributed by atoms with Crippen LogP contribution in [0.15, 0.2) is 0 Å². The van der Waals surface area contributed by atoms with E-state index in [0.717, 1.165) is 31.6 Å². The minimum absolute atomic E-state index is 0.370. The Bertz CT molecular complexity index is 468. The number of hydrogen-bond donors (Lipinski definition) is 0. The van der Waals surface area contributed by atoms with Crippen LogP contribution in [0.1, 0.15) is 105 Å². The van der Waals surface area contributed by atoms with E-state index >= 15 is 0 Å². The number of ether oxygens (including phenoxy) is 4. The van der Waals surface area contributed by atoms with E-state index in [1.807, 2.05) is 0 Å². The Morgan fingerprint density at radius 3 is 1.90 bits per heavy atom. The van der Waals surface area contributed by atoms with Crippen molar-refractivity contribution in [1.29, 1.82) is 0 Å². The Labute approximate surface area is 177 Å². The molecule has 0 saturated heterocycles. The van der Waals surface area contributed by atoms with Crippen molar-refractivity contribution in [2.75, 3.05) is 6.61 Å². The normalized spacial score (nSPS) is 19.7. The molecule has 6 nitrogen and oxygen atoms in total. The summed E-state index contributed by atoms with van der Waals surface area (Å²) in [5.41, 5.74) is -0.616. The highest BCUT2D eigenvalue weighted by molar-refractivity contribution is 5.61. The van der Waals surface area contributed by atoms with Gasteiger partial charge in [-0.05, 0) is 58.8 Å². The molecule has 0 aromatic heterocycles. The van der Waals surface area contributed by atoms with Gasteiger partial charge in [0.25, 0.3) is 0 Å². The van der Waals surface area contributed by atoms with Crippen LogP contribution in [0.25, 0.3) is 0 Å². The summed E-state index contributed by atoms with van der Waals surface area (Å²) in [7, 11) is 0. The zero-order chi connectivity index (χ0) is 21.7. The van der Waals surface area contributed by atoms with Crippen molar-refractivity contribution in [2.24, 2.45) is 5.92 Å². The summed E-state index contributed by atoms with van der Waals surface area (Å²) in [6.07, 6.45) is 9.05. The zero-order valence-corrected chi connectivity index (χ0v) is 19.2. The van der Waals surface area contributed by atoms with Gasteiger partial charge in [-0.25, -0.2) is 9.59 Å². The standard InChI is InChI=1S/C23H42O6/c1-18(2)14-10-8-6-7-9-13-17-26-21(24)27-19-15-11-12-16-20(19)28-22(25)29-23(3,4)5/h18-20H,6-17H2,1-5H3. The molecule has 170 valence electrons. The van der Waals surface area contributed by atoms with E-state index in [1.54, 1.807) is 20.8 Å². The Balaban J connectivity index is 2.18. The highest BCUT2D eigenvalue weighted by Gasteiger charge is 2.33. The van der Waals surface area contributed by atoms with Crippen molar-refractivity contribution < 1.29 is 28.5 Å². The van der Waals surface area contributed by atoms with Gasteiger partial charge in [0.05, 0.1) is 6.61 Å². The summed E-state index contributed by atoms with van der Waals surface area (Å²) in [6.45, 7) is 10.2. The summed E-state index contributed by atoms with van der Waals surface area (Å²) in [4.78, 5) is 23.9. The molecule has 29 heavy (non-hydrogen) atoms. The predicted molar refractivity (Wildman–Crippen MR) is 113 cm³/mol. The van der Waals surface area contributed by atoms with E-state index in [1.165, 1.54) is 32.1 Å². The zero-order valence-electron chi connectivity index (χ0n) is 19.2. The van der Waals surface area contributed by atoms with Crippen LogP contribution >= 0.6 is 0 Å². The van der Waals surface area contributed by atoms with Gasteiger partial charge < -0.3 is 18.9 Å². The molecule has 1 saturated carbocycles. The Morgan fingerprint density at radius 1 is 0.828 bits per heavy atom. The van der Waals surface area contributed by atoms with Crippen molar-refractivity contribution in [2.45, 2.75) is 123 Å². The van der Waals surface area contributed by atoms with Crippen LogP contribution in [0.2, 0.25) is 0 Å². The smallest absolute Gasteiger partial charge is 0.434 e. The minimum Gasteiger partial charge on any atom is -0.434 e. The van der Waals surface area contributed by atoms with E-state index in [2.05, 4.69) is 13.8 Å². The second kappa shape index (κ2) is 13.7. The van der Waals surface area contributed by atoms with Gasteiger partial charge in [-0.1, -0.05) is 52.4 Å². The summed E-state index contributed by atoms with van der Waals surface area (Å²) in [5.74, 6) is 0.785. The molecular weight excluding hydrogens is 372 g/mol. The molecule has 2 unspecified atom stereocenters. The molecule has 0 aromatic rings. The van der Waals surface area contributed by atoms with E-state index in [0.29, 0.717) is 19.4 Å². The van der Waals surface area contributed by atoms with Crippen molar-refractivity contribution in [3.8, 4) is 0 Å². The largest absolute Gasteiger partial charge is 0.509 e. The minimum atomic E-state index is -0.722. The fraction of sp³-hybridized carbons (Fsp3) is 0.913. The fourth-order valence-electron chi connectivity index (χ4n) is 3.40. The van der Waals surface area contributed by atoms with Gasteiger partial charge in [-0.3, -0.25) is 0 Å². The number of carbonyl (C=O) groups is 2. The first-order chi connectivity index (χ1) is 13.7. The van der Waals surface area contributed by atoms with Crippen LogP contribution in [0.4, 0.5) is 9.59 Å². The quantitative estimate of drug-likeness (QED) is 0.274. The van der Waals surface area contributed by atoms with Crippen LogP contribution in [-0.2, 0) is 18.9 Å². The molecule has 0 aromatic carbocycles. The Kier molecular flexibility index (Phi) is 12.1. The summed E-state index contributed by atoms with van der Waals surface area (Å²) in [5, 5.41) is 0. The van der Waals surface area contributed by atoms with Crippen LogP contribution in [0.5, 0.6) is 0 Å². The molecule has 6 heteroatoms. The van der Waals surface area contributed by atoms with E-state index in [4.69, 9.17) is 18.9 Å². The third-order valence-electron chi connectivity index (χ3n) is 4.92. The molecular formula is C23H42O6. The van der Waals surface area contributed by atoms with Gasteiger partial charge in [0, 0.05) is 0 Å². The second-order valence-corrected chi connectivity index (χ2v) is 9.46. The maximum absolute atomic E-state index is 12.0. The molecule has 0 N–H and O–H groups in total. The number of carbonyl (C=O) groups excluding carboxylic acids is 2. The second-order valence-electron chi connectivity index (χ2n) is 9.46. The first kappa shape index (κ1) is 25.6. The molecule has 1 aliphatic rings. The van der Waals surface area contributed by atoms with Gasteiger partial charge in [0.15, 0.2) is 0 Å². The maximum atomic E-state index is 12.0. The lowest BCUT2D eigenvalue weighted by Crippen LogP contribution is -2.39. The molecule has 0 spiro atoms. The predicted octanol–water partition coefficient (Wildman–Crippen LogP) is 6.79. The average molecular weight is 415 g/mol. The Hall–Kier alpha value is -1.46. The Morgan fingerprint density at radius 2 is 1.34 bits per heavy atom. The van der Waals surface area contributed by atoms with Crippen LogP contribution < -0.4 is 0 Å². The van der Waals surface area contributed by atoms with Crippen molar-refractivity contribution in [3.05, 3.63) is 0 Å². The average Bonchev–Trinajstić information content (AvgIpc) is 2.60. The van der Waals surface area contributed by atoms with Gasteiger partial charge in [-0.15, -0.1) is 0 Å². The molecule has 1 aliphatic carbocycles. The lowest BCUT2D eigenvalue weighted by molar-refractivity contribution is -0.0854. The third kappa shape index (κ3) is 13.4. The summed E-state index contributed by atoms with van der Waals surface area (Å²) in [6, 6.07) is 0. The molecule has 0 aliphatic heterocycles. The lowest BCUT2D eigenvalue weighted by Gasteiger charge is -2.31. The lowest BCUT2D eigenvalue weighted by atomic mass is 9.95. The monoisotopic (exact) mass is 414 g/mol. The molecule has 1 fully saturated rings. The molecule has 0 bridgehead atoms. The molecule has 0 radical (unpaired) electrons. The van der Waals surface area contributed by atoms with Gasteiger partial charge in [0.1, 0.15) is 17.8 Å². The van der Waals surface area contributed by atoms with Crippen molar-refractivity contribution >= 4 is 12.3 Å². The van der Waals surface area contributed by atoms with Crippen molar-refractivity contribution in [3.63, 3.8) is 0 Å². The maximum Gasteiger partial charge on any atom is 0.509 e. The van der Waals surface area contributed by atoms with Gasteiger partial charge in [-0.2, -0.15) is 0 Å². The SMILES string of the molecule is CC(C)CCCCCCCCOC(=O)OC1CCCCC1OC(=O)OC(C)(C)C. The van der Waals surface area contributed by atoms with Crippen molar-refractivity contribution in [1.82, 2.24) is 0 Å². The summed E-state index contributed by atoms with van der Waals surface area (Å²) < 4.78 is 21.2. The molecule has 0 heterocycles. The van der Waals surface area contributed by atoms with E-state index in [-0.39, 0.29) is 0 Å². The number of rotatable bonds is 11. The van der Waals surface area contributed by atoms with E-state index in [9.17, 15) is 9.59 Å². The van der Waals surface area contributed by atoms with Crippen LogP contribution in [0, 0.1) is 5.92 Å². The van der Waals surface area contributed by atoms with Gasteiger partial charge >= 0.3 is 12.3 Å². The first-order valence-corrected chi connectivity index (χ1v) is 11.4. The van der Waals surface area contributed by atoms with Gasteiger partial charge in [0.2, 0.25) is 0 Å². The molecule has 1 rings (SSSR count). The van der Waals surface area contributed by atoms with E-state index < -0.39 is 30.1 Å². The first-order valence-electron chi connectivity index (χ1n) is 11.4. The highest BCUT2D eigenvalue weighted by Crippen LogP contribution is 2.25. The topological polar surface area (TPSA) is 71.1 Å². The van der Waals surface area contributed by atoms with Crippen LogP contribution in [-0.4, -0.2) is 36.7 Å². The third-order valence-corrected chi connectivity index (χ3v) is 4.92. The summed E-state index contributed by atoms with van der Waals surface area (Å²) >= 11 is 0. The molecule has 0 amide bonds. The van der Waals surface area contributed by atoms with Crippen LogP contribution in [0.3, 0.4) is 0 Å². The molecule has 2 atom stereocenters.